The molecule has 5 heteroatoms. The van der Waals surface area contributed by atoms with Crippen LogP contribution in [0.1, 0.15) is 37.8 Å². The monoisotopic (exact) mass is 388 g/mol. The molecule has 2 aromatic carbocycles. The number of fused-ring (bicyclic) bond motifs is 3. The van der Waals surface area contributed by atoms with Crippen molar-refractivity contribution in [1.82, 2.24) is 0 Å². The first-order valence-electron chi connectivity index (χ1n) is 7.86. The highest BCUT2D eigenvalue weighted by atomic mass is 79.9. The third kappa shape index (κ3) is 2.53. The van der Waals surface area contributed by atoms with Gasteiger partial charge < -0.3 is 9.47 Å². The van der Waals surface area contributed by atoms with Crippen LogP contribution in [0.2, 0.25) is 0 Å². The van der Waals surface area contributed by atoms with Gasteiger partial charge in [-0.2, -0.15) is 0 Å². The Morgan fingerprint density at radius 1 is 0.917 bits per heavy atom. The van der Waals surface area contributed by atoms with E-state index in [1.807, 2.05) is 42.5 Å². The fraction of sp³-hybridized carbons (Fsp3) is 0.263. The topological polar surface area (TPSA) is 52.6 Å². The highest BCUT2D eigenvalue weighted by molar-refractivity contribution is 9.10. The molecule has 0 N–H and O–H groups in total. The molecule has 24 heavy (non-hydrogen) atoms. The zero-order valence-electron chi connectivity index (χ0n) is 13.5. The van der Waals surface area contributed by atoms with Gasteiger partial charge in [-0.1, -0.05) is 66.2 Å². The highest BCUT2D eigenvalue weighted by Crippen LogP contribution is 2.53. The highest BCUT2D eigenvalue weighted by Gasteiger charge is 2.51. The molecule has 1 aliphatic rings. The summed E-state index contributed by atoms with van der Waals surface area (Å²) in [6.07, 6.45) is 0.376. The van der Waals surface area contributed by atoms with E-state index in [1.165, 1.54) is 0 Å². The van der Waals surface area contributed by atoms with E-state index in [-0.39, 0.29) is 12.8 Å². The van der Waals surface area contributed by atoms with E-state index in [0.29, 0.717) is 11.1 Å². The summed E-state index contributed by atoms with van der Waals surface area (Å²) in [7, 11) is 0. The van der Waals surface area contributed by atoms with Crippen LogP contribution in [0.4, 0.5) is 0 Å². The number of hydrogen-bond acceptors (Lipinski definition) is 4. The minimum atomic E-state index is -1.55. The van der Waals surface area contributed by atoms with E-state index >= 15 is 0 Å². The molecule has 0 amide bonds. The first-order chi connectivity index (χ1) is 11.5. The molecule has 0 bridgehead atoms. The molecule has 2 aromatic rings. The maximum Gasteiger partial charge on any atom is 0.312 e. The number of rotatable bonds is 4. The lowest BCUT2D eigenvalue weighted by atomic mass is 10.0. The van der Waals surface area contributed by atoms with Crippen LogP contribution in [0.25, 0.3) is 11.1 Å². The average molecular weight is 389 g/mol. The quantitative estimate of drug-likeness (QED) is 0.569. The molecule has 0 aromatic heterocycles. The lowest BCUT2D eigenvalue weighted by molar-refractivity contribution is -0.217. The third-order valence-electron chi connectivity index (χ3n) is 4.01. The molecule has 0 spiro atoms. The summed E-state index contributed by atoms with van der Waals surface area (Å²) in [5.41, 5.74) is 3.08. The van der Waals surface area contributed by atoms with Gasteiger partial charge in [0.15, 0.2) is 0 Å². The van der Waals surface area contributed by atoms with Crippen molar-refractivity contribution in [3.63, 3.8) is 0 Å². The summed E-state index contributed by atoms with van der Waals surface area (Å²) >= 11 is 3.52. The molecule has 0 heterocycles. The Bertz CT molecular complexity index is 795. The van der Waals surface area contributed by atoms with Crippen LogP contribution in [0.5, 0.6) is 0 Å². The zero-order chi connectivity index (χ0) is 17.3. The predicted molar refractivity (Wildman–Crippen MR) is 93.1 cm³/mol. The third-order valence-corrected chi connectivity index (χ3v) is 4.67. The van der Waals surface area contributed by atoms with Crippen molar-refractivity contribution < 1.29 is 19.1 Å². The van der Waals surface area contributed by atoms with Crippen molar-refractivity contribution in [2.24, 2.45) is 0 Å². The van der Waals surface area contributed by atoms with Crippen molar-refractivity contribution >= 4 is 27.9 Å². The fourth-order valence-electron chi connectivity index (χ4n) is 2.92. The van der Waals surface area contributed by atoms with Crippen molar-refractivity contribution in [1.29, 1.82) is 0 Å². The smallest absolute Gasteiger partial charge is 0.312 e. The first kappa shape index (κ1) is 16.7. The van der Waals surface area contributed by atoms with E-state index in [1.54, 1.807) is 13.8 Å². The Labute approximate surface area is 148 Å². The van der Waals surface area contributed by atoms with Crippen molar-refractivity contribution in [2.45, 2.75) is 32.5 Å². The second-order valence-electron chi connectivity index (χ2n) is 5.48. The largest absolute Gasteiger partial charge is 0.413 e. The SMILES string of the molecule is CCC(=O)OC1(OC(=O)CC)c2ccccc2-c2cccc(Br)c21. The van der Waals surface area contributed by atoms with Gasteiger partial charge in [0.2, 0.25) is 0 Å². The number of esters is 2. The molecular weight excluding hydrogens is 372 g/mol. The van der Waals surface area contributed by atoms with Crippen LogP contribution in [0, 0.1) is 0 Å². The molecular formula is C19H17BrO4. The maximum atomic E-state index is 12.1. The molecule has 1 aliphatic carbocycles. The summed E-state index contributed by atoms with van der Waals surface area (Å²) in [6, 6.07) is 13.2. The van der Waals surface area contributed by atoms with Gasteiger partial charge in [-0.3, -0.25) is 9.59 Å². The summed E-state index contributed by atoms with van der Waals surface area (Å²) < 4.78 is 12.2. The minimum Gasteiger partial charge on any atom is -0.413 e. The van der Waals surface area contributed by atoms with Crippen LogP contribution in [0.15, 0.2) is 46.9 Å². The number of ether oxygens (including phenoxy) is 2. The van der Waals surface area contributed by atoms with Crippen LogP contribution < -0.4 is 0 Å². The molecule has 0 fully saturated rings. The second kappa shape index (κ2) is 6.40. The van der Waals surface area contributed by atoms with Crippen molar-refractivity contribution in [2.75, 3.05) is 0 Å². The van der Waals surface area contributed by atoms with Gasteiger partial charge in [0, 0.05) is 22.9 Å². The predicted octanol–water partition coefficient (Wildman–Crippen LogP) is 4.54. The van der Waals surface area contributed by atoms with Crippen LogP contribution in [-0.2, 0) is 24.8 Å². The van der Waals surface area contributed by atoms with Gasteiger partial charge >= 0.3 is 17.7 Å². The van der Waals surface area contributed by atoms with E-state index in [0.717, 1.165) is 15.6 Å². The maximum absolute atomic E-state index is 12.1. The van der Waals surface area contributed by atoms with Gasteiger partial charge in [-0.25, -0.2) is 0 Å². The summed E-state index contributed by atoms with van der Waals surface area (Å²) in [5.74, 6) is -2.42. The Morgan fingerprint density at radius 3 is 2.12 bits per heavy atom. The number of carbonyl (C=O) groups excluding carboxylic acids is 2. The van der Waals surface area contributed by atoms with E-state index in [9.17, 15) is 9.59 Å². The standard InChI is InChI=1S/C19H17BrO4/c1-3-16(21)23-19(24-17(22)4-2)14-10-6-5-8-12(14)13-9-7-11-15(20)18(13)19/h5-11H,3-4H2,1-2H3. The first-order valence-corrected chi connectivity index (χ1v) is 8.65. The normalized spacial score (nSPS) is 13.8. The Kier molecular flexibility index (Phi) is 4.45. The molecule has 124 valence electrons. The Balaban J connectivity index is 2.30. The van der Waals surface area contributed by atoms with Crippen molar-refractivity contribution in [3.8, 4) is 11.1 Å². The van der Waals surface area contributed by atoms with Gasteiger partial charge in [-0.05, 0) is 17.2 Å². The van der Waals surface area contributed by atoms with E-state index in [4.69, 9.17) is 9.47 Å². The number of hydrogen-bond donors (Lipinski definition) is 0. The minimum absolute atomic E-state index is 0.188. The summed E-state index contributed by atoms with van der Waals surface area (Å²) in [6.45, 7) is 3.42. The molecule has 4 nitrogen and oxygen atoms in total. The molecule has 0 saturated heterocycles. The lowest BCUT2D eigenvalue weighted by Gasteiger charge is -2.31. The molecule has 0 radical (unpaired) electrons. The molecule has 0 atom stereocenters. The van der Waals surface area contributed by atoms with Crippen LogP contribution in [0.3, 0.4) is 0 Å². The molecule has 3 rings (SSSR count). The summed E-state index contributed by atoms with van der Waals surface area (Å²) in [4.78, 5) is 24.3. The van der Waals surface area contributed by atoms with Crippen LogP contribution >= 0.6 is 15.9 Å². The summed E-state index contributed by atoms with van der Waals surface area (Å²) in [5, 5.41) is 0. The van der Waals surface area contributed by atoms with Crippen LogP contribution in [-0.4, -0.2) is 11.9 Å². The second-order valence-corrected chi connectivity index (χ2v) is 6.33. The van der Waals surface area contributed by atoms with E-state index < -0.39 is 17.7 Å². The van der Waals surface area contributed by atoms with Gasteiger partial charge in [-0.15, -0.1) is 0 Å². The fourth-order valence-corrected chi connectivity index (χ4v) is 3.55. The zero-order valence-corrected chi connectivity index (χ0v) is 15.1. The lowest BCUT2D eigenvalue weighted by Crippen LogP contribution is -2.37. The Morgan fingerprint density at radius 2 is 1.50 bits per heavy atom. The average Bonchev–Trinajstić information content (AvgIpc) is 2.86. The molecule has 0 saturated carbocycles. The number of carbonyl (C=O) groups is 2. The van der Waals surface area contributed by atoms with E-state index in [2.05, 4.69) is 15.9 Å². The van der Waals surface area contributed by atoms with Gasteiger partial charge in [0.05, 0.1) is 5.56 Å². The van der Waals surface area contributed by atoms with Crippen molar-refractivity contribution in [3.05, 3.63) is 58.1 Å². The molecule has 0 unspecified atom stereocenters. The van der Waals surface area contributed by atoms with Gasteiger partial charge in [0.25, 0.3) is 0 Å². The van der Waals surface area contributed by atoms with Gasteiger partial charge in [0.1, 0.15) is 0 Å². The number of halogens is 1. The number of benzene rings is 2. The Hall–Kier alpha value is -2.14. The molecule has 0 aliphatic heterocycles.